The lowest BCUT2D eigenvalue weighted by molar-refractivity contribution is -0.0330. The first kappa shape index (κ1) is 13.1. The molecule has 0 radical (unpaired) electrons. The molecule has 6 heteroatoms. The van der Waals surface area contributed by atoms with Gasteiger partial charge >= 0.3 is 5.51 Å². The van der Waals surface area contributed by atoms with E-state index in [0.717, 1.165) is 13.1 Å². The van der Waals surface area contributed by atoms with Crippen LogP contribution in [-0.4, -0.2) is 47.9 Å². The van der Waals surface area contributed by atoms with Gasteiger partial charge in [-0.15, -0.1) is 0 Å². The van der Waals surface area contributed by atoms with E-state index in [9.17, 15) is 13.2 Å². The summed E-state index contributed by atoms with van der Waals surface area (Å²) in [4.78, 5) is 2.13. The number of thioether (sulfide) groups is 1. The van der Waals surface area contributed by atoms with E-state index in [4.69, 9.17) is 0 Å². The van der Waals surface area contributed by atoms with Gasteiger partial charge < -0.3 is 5.32 Å². The zero-order chi connectivity index (χ0) is 11.5. The fourth-order valence-corrected chi connectivity index (χ4v) is 2.41. The molecule has 1 saturated heterocycles. The van der Waals surface area contributed by atoms with Crippen molar-refractivity contribution >= 4 is 11.8 Å². The molecular formula is C9H17F3N2S. The van der Waals surface area contributed by atoms with Crippen molar-refractivity contribution in [1.29, 1.82) is 0 Å². The average molecular weight is 242 g/mol. The molecule has 0 aliphatic carbocycles. The van der Waals surface area contributed by atoms with Gasteiger partial charge in [-0.3, -0.25) is 4.90 Å². The van der Waals surface area contributed by atoms with Crippen molar-refractivity contribution in [2.45, 2.75) is 31.4 Å². The van der Waals surface area contributed by atoms with Crippen LogP contribution in [0.4, 0.5) is 13.2 Å². The summed E-state index contributed by atoms with van der Waals surface area (Å²) < 4.78 is 35.8. The largest absolute Gasteiger partial charge is 0.441 e. The highest BCUT2D eigenvalue weighted by Gasteiger charge is 2.29. The minimum Gasteiger partial charge on any atom is -0.314 e. The molecule has 1 heterocycles. The second kappa shape index (κ2) is 5.41. The lowest BCUT2D eigenvalue weighted by Gasteiger charge is -2.39. The second-order valence-corrected chi connectivity index (χ2v) is 5.05. The third-order valence-electron chi connectivity index (χ3n) is 2.63. The maximum Gasteiger partial charge on any atom is 0.441 e. The third-order valence-corrected chi connectivity index (χ3v) is 3.34. The van der Waals surface area contributed by atoms with Gasteiger partial charge in [-0.2, -0.15) is 13.2 Å². The molecule has 15 heavy (non-hydrogen) atoms. The van der Waals surface area contributed by atoms with Crippen molar-refractivity contribution in [3.05, 3.63) is 0 Å². The first-order valence-electron chi connectivity index (χ1n) is 5.07. The van der Waals surface area contributed by atoms with E-state index in [2.05, 4.69) is 10.2 Å². The van der Waals surface area contributed by atoms with Crippen molar-refractivity contribution in [3.63, 3.8) is 0 Å². The standard InChI is InChI=1S/C9H17F3N2S/c1-7-5-13-6-8(2)14(7)3-4-15-9(10,11)12/h7-8,13H,3-6H2,1-2H3. The Hall–Kier alpha value is 0.0600. The topological polar surface area (TPSA) is 15.3 Å². The Bertz CT molecular complexity index is 188. The summed E-state index contributed by atoms with van der Waals surface area (Å²) >= 11 is 0.0692. The lowest BCUT2D eigenvalue weighted by atomic mass is 10.1. The van der Waals surface area contributed by atoms with Gasteiger partial charge in [0, 0.05) is 37.5 Å². The molecule has 0 aromatic heterocycles. The van der Waals surface area contributed by atoms with Gasteiger partial charge in [-0.05, 0) is 25.6 Å². The summed E-state index contributed by atoms with van der Waals surface area (Å²) in [6.45, 7) is 6.32. The number of hydrogen-bond acceptors (Lipinski definition) is 3. The van der Waals surface area contributed by atoms with Crippen molar-refractivity contribution in [2.24, 2.45) is 0 Å². The predicted molar refractivity (Wildman–Crippen MR) is 57.0 cm³/mol. The summed E-state index contributed by atoms with van der Waals surface area (Å²) in [5, 5.41) is 3.25. The van der Waals surface area contributed by atoms with Gasteiger partial charge in [0.05, 0.1) is 0 Å². The summed E-state index contributed by atoms with van der Waals surface area (Å²) in [6.07, 6.45) is 0. The van der Waals surface area contributed by atoms with Crippen molar-refractivity contribution in [1.82, 2.24) is 10.2 Å². The van der Waals surface area contributed by atoms with Crippen molar-refractivity contribution in [2.75, 3.05) is 25.4 Å². The van der Waals surface area contributed by atoms with Crippen LogP contribution in [0, 0.1) is 0 Å². The Kier molecular flexibility index (Phi) is 4.73. The molecule has 2 nitrogen and oxygen atoms in total. The molecule has 0 aromatic carbocycles. The van der Waals surface area contributed by atoms with Gasteiger partial charge in [0.25, 0.3) is 0 Å². The summed E-state index contributed by atoms with van der Waals surface area (Å²) in [6, 6.07) is 0.644. The minimum atomic E-state index is -4.10. The van der Waals surface area contributed by atoms with Crippen LogP contribution in [0.2, 0.25) is 0 Å². The second-order valence-electron chi connectivity index (χ2n) is 3.89. The number of piperazine rings is 1. The van der Waals surface area contributed by atoms with Crippen LogP contribution in [0.3, 0.4) is 0 Å². The molecule has 1 aliphatic rings. The number of nitrogens with one attached hydrogen (secondary N) is 1. The first-order chi connectivity index (χ1) is 6.90. The molecule has 90 valence electrons. The fraction of sp³-hybridized carbons (Fsp3) is 1.00. The van der Waals surface area contributed by atoms with E-state index < -0.39 is 5.51 Å². The molecule has 0 spiro atoms. The van der Waals surface area contributed by atoms with Crippen LogP contribution in [0.1, 0.15) is 13.8 Å². The Morgan fingerprint density at radius 3 is 2.27 bits per heavy atom. The van der Waals surface area contributed by atoms with E-state index in [-0.39, 0.29) is 17.5 Å². The summed E-state index contributed by atoms with van der Waals surface area (Å²) in [5.41, 5.74) is -4.10. The highest BCUT2D eigenvalue weighted by molar-refractivity contribution is 8.00. The molecule has 1 N–H and O–H groups in total. The van der Waals surface area contributed by atoms with E-state index in [1.165, 1.54) is 0 Å². The van der Waals surface area contributed by atoms with Crippen LogP contribution in [0.15, 0.2) is 0 Å². The maximum atomic E-state index is 11.9. The van der Waals surface area contributed by atoms with Gasteiger partial charge in [-0.1, -0.05) is 0 Å². The lowest BCUT2D eigenvalue weighted by Crippen LogP contribution is -2.55. The molecule has 2 atom stereocenters. The molecule has 1 aliphatic heterocycles. The first-order valence-corrected chi connectivity index (χ1v) is 6.06. The molecule has 0 saturated carbocycles. The van der Waals surface area contributed by atoms with Gasteiger partial charge in [0.2, 0.25) is 0 Å². The van der Waals surface area contributed by atoms with Crippen LogP contribution in [0.5, 0.6) is 0 Å². The van der Waals surface area contributed by atoms with Crippen LogP contribution < -0.4 is 5.32 Å². The Labute approximate surface area is 92.6 Å². The summed E-state index contributed by atoms with van der Waals surface area (Å²) in [7, 11) is 0. The Morgan fingerprint density at radius 1 is 1.27 bits per heavy atom. The van der Waals surface area contributed by atoms with E-state index in [1.807, 2.05) is 13.8 Å². The average Bonchev–Trinajstić information content (AvgIpc) is 2.08. The predicted octanol–water partition coefficient (Wildman–Crippen LogP) is 1.92. The number of alkyl halides is 3. The molecular weight excluding hydrogens is 225 g/mol. The number of nitrogens with zero attached hydrogens (tertiary/aromatic N) is 1. The molecule has 1 rings (SSSR count). The monoisotopic (exact) mass is 242 g/mol. The quantitative estimate of drug-likeness (QED) is 0.814. The van der Waals surface area contributed by atoms with Gasteiger partial charge in [0.1, 0.15) is 0 Å². The van der Waals surface area contributed by atoms with Crippen LogP contribution >= 0.6 is 11.8 Å². The molecule has 0 amide bonds. The zero-order valence-electron chi connectivity index (χ0n) is 8.97. The van der Waals surface area contributed by atoms with E-state index in [0.29, 0.717) is 18.6 Å². The van der Waals surface area contributed by atoms with E-state index >= 15 is 0 Å². The van der Waals surface area contributed by atoms with Crippen LogP contribution in [0.25, 0.3) is 0 Å². The smallest absolute Gasteiger partial charge is 0.314 e. The van der Waals surface area contributed by atoms with E-state index in [1.54, 1.807) is 0 Å². The highest BCUT2D eigenvalue weighted by atomic mass is 32.2. The molecule has 0 bridgehead atoms. The molecule has 2 unspecified atom stereocenters. The SMILES string of the molecule is CC1CNCC(C)N1CCSC(F)(F)F. The number of rotatable bonds is 3. The van der Waals surface area contributed by atoms with Gasteiger partial charge in [-0.25, -0.2) is 0 Å². The molecule has 1 fully saturated rings. The fourth-order valence-electron chi connectivity index (χ4n) is 1.88. The molecule has 0 aromatic rings. The Balaban J connectivity index is 2.29. The normalized spacial score (nSPS) is 29.4. The minimum absolute atomic E-state index is 0.0692. The third kappa shape index (κ3) is 4.61. The van der Waals surface area contributed by atoms with Crippen molar-refractivity contribution in [3.8, 4) is 0 Å². The van der Waals surface area contributed by atoms with Crippen LogP contribution in [-0.2, 0) is 0 Å². The highest BCUT2D eigenvalue weighted by Crippen LogP contribution is 2.30. The van der Waals surface area contributed by atoms with Gasteiger partial charge in [0.15, 0.2) is 0 Å². The zero-order valence-corrected chi connectivity index (χ0v) is 9.79. The summed E-state index contributed by atoms with van der Waals surface area (Å²) in [5.74, 6) is 0.123. The van der Waals surface area contributed by atoms with Crippen molar-refractivity contribution < 1.29 is 13.2 Å². The Morgan fingerprint density at radius 2 is 1.80 bits per heavy atom. The number of halogens is 3. The maximum absolute atomic E-state index is 11.9. The number of hydrogen-bond donors (Lipinski definition) is 1.